The lowest BCUT2D eigenvalue weighted by molar-refractivity contribution is 0.351. The molecule has 1 fully saturated rings. The molecule has 0 N–H and O–H groups in total. The summed E-state index contributed by atoms with van der Waals surface area (Å²) < 4.78 is 13.9. The molecule has 1 aromatic carbocycles. The maximum atomic E-state index is 13.9. The summed E-state index contributed by atoms with van der Waals surface area (Å²) in [5, 5.41) is 0.582. The molecular formula is C16H23BrFN. The standard InChI is InChI=1S/C16H23BrFN/c1-12(2)13-5-4-9-19(10-8-13)16-7-3-6-15(18)14(16)11-17/h3,6-7,12-13H,4-5,8-11H2,1-2H3. The van der Waals surface area contributed by atoms with Crippen molar-refractivity contribution >= 4 is 21.6 Å². The van der Waals surface area contributed by atoms with Crippen LogP contribution >= 0.6 is 15.9 Å². The van der Waals surface area contributed by atoms with E-state index in [-0.39, 0.29) is 5.82 Å². The van der Waals surface area contributed by atoms with Gasteiger partial charge in [-0.1, -0.05) is 35.8 Å². The van der Waals surface area contributed by atoms with Gasteiger partial charge < -0.3 is 4.90 Å². The van der Waals surface area contributed by atoms with Crippen LogP contribution in [0.1, 0.15) is 38.7 Å². The summed E-state index contributed by atoms with van der Waals surface area (Å²) in [6, 6.07) is 5.42. The molecule has 106 valence electrons. The van der Waals surface area contributed by atoms with Gasteiger partial charge in [-0.05, 0) is 43.2 Å². The zero-order valence-corrected chi connectivity index (χ0v) is 13.4. The zero-order valence-electron chi connectivity index (χ0n) is 11.8. The first-order chi connectivity index (χ1) is 9.13. The molecule has 0 amide bonds. The van der Waals surface area contributed by atoms with E-state index < -0.39 is 0 Å². The Morgan fingerprint density at radius 1 is 1.32 bits per heavy atom. The minimum Gasteiger partial charge on any atom is -0.371 e. The highest BCUT2D eigenvalue weighted by Crippen LogP contribution is 2.30. The molecule has 1 aliphatic rings. The first kappa shape index (κ1) is 14.8. The maximum absolute atomic E-state index is 13.9. The van der Waals surface area contributed by atoms with Crippen LogP contribution in [0, 0.1) is 17.7 Å². The summed E-state index contributed by atoms with van der Waals surface area (Å²) in [7, 11) is 0. The molecule has 2 rings (SSSR count). The van der Waals surface area contributed by atoms with Crippen molar-refractivity contribution in [1.29, 1.82) is 0 Å². The van der Waals surface area contributed by atoms with Crippen LogP contribution in [-0.4, -0.2) is 13.1 Å². The lowest BCUT2D eigenvalue weighted by Crippen LogP contribution is -2.25. The SMILES string of the molecule is CC(C)C1CCCN(c2cccc(F)c2CBr)CC1. The minimum absolute atomic E-state index is 0.0981. The Hall–Kier alpha value is -0.570. The maximum Gasteiger partial charge on any atom is 0.129 e. The summed E-state index contributed by atoms with van der Waals surface area (Å²) >= 11 is 3.41. The van der Waals surface area contributed by atoms with Crippen LogP contribution in [-0.2, 0) is 5.33 Å². The fourth-order valence-corrected chi connectivity index (χ4v) is 3.56. The summed E-state index contributed by atoms with van der Waals surface area (Å²) in [5.41, 5.74) is 1.87. The van der Waals surface area contributed by atoms with Crippen molar-refractivity contribution in [3.8, 4) is 0 Å². The van der Waals surface area contributed by atoms with Crippen molar-refractivity contribution in [2.45, 2.75) is 38.4 Å². The molecule has 1 aliphatic heterocycles. The largest absolute Gasteiger partial charge is 0.371 e. The molecule has 0 bridgehead atoms. The molecule has 1 saturated heterocycles. The molecule has 0 aliphatic carbocycles. The zero-order chi connectivity index (χ0) is 13.8. The molecule has 1 atom stereocenters. The van der Waals surface area contributed by atoms with Gasteiger partial charge in [-0.2, -0.15) is 0 Å². The second-order valence-corrected chi connectivity index (χ2v) is 6.35. The van der Waals surface area contributed by atoms with E-state index in [1.165, 1.54) is 19.3 Å². The Bertz CT molecular complexity index is 419. The van der Waals surface area contributed by atoms with Crippen LogP contribution in [0.2, 0.25) is 0 Å². The predicted octanol–water partition coefficient (Wildman–Crippen LogP) is 4.98. The van der Waals surface area contributed by atoms with Crippen LogP contribution in [0.15, 0.2) is 18.2 Å². The summed E-state index contributed by atoms with van der Waals surface area (Å²) in [5.74, 6) is 1.47. The van der Waals surface area contributed by atoms with E-state index in [4.69, 9.17) is 0 Å². The minimum atomic E-state index is -0.0981. The fourth-order valence-electron chi connectivity index (χ4n) is 3.01. The van der Waals surface area contributed by atoms with Gasteiger partial charge >= 0.3 is 0 Å². The van der Waals surface area contributed by atoms with Crippen LogP contribution in [0.5, 0.6) is 0 Å². The van der Waals surface area contributed by atoms with Crippen LogP contribution in [0.25, 0.3) is 0 Å². The van der Waals surface area contributed by atoms with Gasteiger partial charge in [0.1, 0.15) is 5.82 Å². The Balaban J connectivity index is 2.16. The van der Waals surface area contributed by atoms with Gasteiger partial charge in [-0.3, -0.25) is 0 Å². The van der Waals surface area contributed by atoms with Crippen molar-refractivity contribution < 1.29 is 4.39 Å². The first-order valence-corrected chi connectivity index (χ1v) is 8.34. The molecule has 0 saturated carbocycles. The average Bonchev–Trinajstić information content (AvgIpc) is 2.64. The van der Waals surface area contributed by atoms with E-state index in [2.05, 4.69) is 40.7 Å². The van der Waals surface area contributed by atoms with Gasteiger partial charge in [0.25, 0.3) is 0 Å². The molecule has 1 aromatic rings. The Morgan fingerprint density at radius 2 is 2.11 bits per heavy atom. The fraction of sp³-hybridized carbons (Fsp3) is 0.625. The van der Waals surface area contributed by atoms with Crippen molar-refractivity contribution in [2.75, 3.05) is 18.0 Å². The van der Waals surface area contributed by atoms with Gasteiger partial charge in [0.2, 0.25) is 0 Å². The van der Waals surface area contributed by atoms with Crippen molar-refractivity contribution in [1.82, 2.24) is 0 Å². The molecule has 0 radical (unpaired) electrons. The number of hydrogen-bond donors (Lipinski definition) is 0. The van der Waals surface area contributed by atoms with Gasteiger partial charge in [-0.25, -0.2) is 4.39 Å². The highest BCUT2D eigenvalue weighted by atomic mass is 79.9. The number of hydrogen-bond acceptors (Lipinski definition) is 1. The number of benzene rings is 1. The quantitative estimate of drug-likeness (QED) is 0.707. The lowest BCUT2D eigenvalue weighted by atomic mass is 9.89. The van der Waals surface area contributed by atoms with Crippen molar-refractivity contribution in [3.05, 3.63) is 29.6 Å². The number of halogens is 2. The van der Waals surface area contributed by atoms with Crippen LogP contribution in [0.3, 0.4) is 0 Å². The van der Waals surface area contributed by atoms with Gasteiger partial charge in [0.05, 0.1) is 0 Å². The number of alkyl halides is 1. The molecule has 1 heterocycles. The van der Waals surface area contributed by atoms with Crippen molar-refractivity contribution in [2.24, 2.45) is 11.8 Å². The highest BCUT2D eigenvalue weighted by molar-refractivity contribution is 9.08. The van der Waals surface area contributed by atoms with Crippen LogP contribution in [0.4, 0.5) is 10.1 Å². The third-order valence-electron chi connectivity index (χ3n) is 4.28. The van der Waals surface area contributed by atoms with Crippen molar-refractivity contribution in [3.63, 3.8) is 0 Å². The van der Waals surface area contributed by atoms with E-state index >= 15 is 0 Å². The van der Waals surface area contributed by atoms with E-state index in [0.717, 1.165) is 36.2 Å². The molecule has 1 unspecified atom stereocenters. The van der Waals surface area contributed by atoms with Crippen LogP contribution < -0.4 is 4.90 Å². The van der Waals surface area contributed by atoms with E-state index in [0.29, 0.717) is 5.33 Å². The second-order valence-electron chi connectivity index (χ2n) is 5.79. The summed E-state index contributed by atoms with van der Waals surface area (Å²) in [4.78, 5) is 2.36. The number of anilines is 1. The molecule has 1 nitrogen and oxygen atoms in total. The highest BCUT2D eigenvalue weighted by Gasteiger charge is 2.21. The lowest BCUT2D eigenvalue weighted by Gasteiger charge is -2.26. The van der Waals surface area contributed by atoms with E-state index in [9.17, 15) is 4.39 Å². The predicted molar refractivity (Wildman–Crippen MR) is 83.4 cm³/mol. The molecule has 0 spiro atoms. The molecule has 19 heavy (non-hydrogen) atoms. The molecule has 3 heteroatoms. The van der Waals surface area contributed by atoms with Gasteiger partial charge in [-0.15, -0.1) is 0 Å². The number of nitrogens with zero attached hydrogens (tertiary/aromatic N) is 1. The molecular weight excluding hydrogens is 305 g/mol. The Kier molecular flexibility index (Phi) is 5.26. The Morgan fingerprint density at radius 3 is 2.79 bits per heavy atom. The number of rotatable bonds is 3. The Labute approximate surface area is 124 Å². The van der Waals surface area contributed by atoms with E-state index in [1.54, 1.807) is 6.07 Å². The second kappa shape index (κ2) is 6.74. The third kappa shape index (κ3) is 3.50. The van der Waals surface area contributed by atoms with E-state index in [1.807, 2.05) is 6.07 Å². The summed E-state index contributed by atoms with van der Waals surface area (Å²) in [6.07, 6.45) is 3.73. The van der Waals surface area contributed by atoms with Gasteiger partial charge in [0, 0.05) is 29.7 Å². The third-order valence-corrected chi connectivity index (χ3v) is 4.84. The normalized spacial score (nSPS) is 20.7. The first-order valence-electron chi connectivity index (χ1n) is 7.21. The average molecular weight is 328 g/mol. The monoisotopic (exact) mass is 327 g/mol. The smallest absolute Gasteiger partial charge is 0.129 e. The van der Waals surface area contributed by atoms with Gasteiger partial charge in [0.15, 0.2) is 0 Å². The topological polar surface area (TPSA) is 3.24 Å². The molecule has 0 aromatic heterocycles. The summed E-state index contributed by atoms with van der Waals surface area (Å²) in [6.45, 7) is 6.72.